The van der Waals surface area contributed by atoms with Gasteiger partial charge >= 0.3 is 0 Å². The molecule has 1 aromatic heterocycles. The SMILES string of the molecule is CCCCCNC(=NC)NCCc1nccn1Cc1ccccc1. The fraction of sp³-hybridized carbons (Fsp3) is 0.474. The van der Waals surface area contributed by atoms with Gasteiger partial charge in [0.2, 0.25) is 0 Å². The molecule has 0 radical (unpaired) electrons. The van der Waals surface area contributed by atoms with Gasteiger partial charge in [-0.1, -0.05) is 50.1 Å². The second kappa shape index (κ2) is 10.5. The lowest BCUT2D eigenvalue weighted by Gasteiger charge is -2.12. The summed E-state index contributed by atoms with van der Waals surface area (Å²) in [5, 5.41) is 6.71. The molecular formula is C19H29N5. The van der Waals surface area contributed by atoms with Gasteiger partial charge in [0.25, 0.3) is 0 Å². The van der Waals surface area contributed by atoms with Crippen molar-refractivity contribution in [2.75, 3.05) is 20.1 Å². The van der Waals surface area contributed by atoms with Crippen LogP contribution in [0.2, 0.25) is 0 Å². The second-order valence-electron chi connectivity index (χ2n) is 5.84. The largest absolute Gasteiger partial charge is 0.356 e. The molecule has 24 heavy (non-hydrogen) atoms. The molecule has 0 amide bonds. The summed E-state index contributed by atoms with van der Waals surface area (Å²) in [6.45, 7) is 4.86. The normalized spacial score (nSPS) is 11.5. The standard InChI is InChI=1S/C19H29N5/c1-3-4-8-12-22-19(20-2)23-13-11-18-21-14-15-24(18)16-17-9-6-5-7-10-17/h5-7,9-10,14-15H,3-4,8,11-13,16H2,1-2H3,(H2,20,22,23). The highest BCUT2D eigenvalue weighted by Gasteiger charge is 2.04. The molecule has 0 unspecified atom stereocenters. The van der Waals surface area contributed by atoms with E-state index in [9.17, 15) is 0 Å². The maximum Gasteiger partial charge on any atom is 0.190 e. The molecule has 0 spiro atoms. The zero-order chi connectivity index (χ0) is 17.0. The Morgan fingerprint density at radius 3 is 2.67 bits per heavy atom. The van der Waals surface area contributed by atoms with Crippen LogP contribution in [0.5, 0.6) is 0 Å². The summed E-state index contributed by atoms with van der Waals surface area (Å²) < 4.78 is 2.20. The van der Waals surface area contributed by atoms with Crippen LogP contribution in [0.25, 0.3) is 0 Å². The van der Waals surface area contributed by atoms with E-state index in [0.29, 0.717) is 0 Å². The third-order valence-corrected chi connectivity index (χ3v) is 3.93. The Balaban J connectivity index is 1.77. The highest BCUT2D eigenvalue weighted by Crippen LogP contribution is 2.05. The van der Waals surface area contributed by atoms with Crippen molar-refractivity contribution in [2.24, 2.45) is 4.99 Å². The number of rotatable bonds is 9. The van der Waals surface area contributed by atoms with Crippen molar-refractivity contribution >= 4 is 5.96 Å². The van der Waals surface area contributed by atoms with Crippen LogP contribution in [0.4, 0.5) is 0 Å². The third-order valence-electron chi connectivity index (χ3n) is 3.93. The summed E-state index contributed by atoms with van der Waals surface area (Å²) in [6.07, 6.45) is 8.45. The minimum absolute atomic E-state index is 0.819. The Morgan fingerprint density at radius 2 is 1.92 bits per heavy atom. The molecule has 5 nitrogen and oxygen atoms in total. The molecule has 1 aromatic carbocycles. The van der Waals surface area contributed by atoms with Gasteiger partial charge < -0.3 is 15.2 Å². The number of hydrogen-bond acceptors (Lipinski definition) is 2. The zero-order valence-electron chi connectivity index (χ0n) is 14.8. The van der Waals surface area contributed by atoms with Gasteiger partial charge in [0.05, 0.1) is 0 Å². The van der Waals surface area contributed by atoms with Gasteiger partial charge in [-0.3, -0.25) is 4.99 Å². The maximum atomic E-state index is 4.48. The highest BCUT2D eigenvalue weighted by atomic mass is 15.2. The number of unbranched alkanes of at least 4 members (excludes halogenated alkanes) is 2. The van der Waals surface area contributed by atoms with Crippen LogP contribution >= 0.6 is 0 Å². The maximum absolute atomic E-state index is 4.48. The van der Waals surface area contributed by atoms with E-state index in [0.717, 1.165) is 37.8 Å². The predicted molar refractivity (Wildman–Crippen MR) is 100 cm³/mol. The van der Waals surface area contributed by atoms with Gasteiger partial charge in [-0.2, -0.15) is 0 Å². The summed E-state index contributed by atoms with van der Waals surface area (Å²) in [4.78, 5) is 8.75. The van der Waals surface area contributed by atoms with Crippen LogP contribution in [-0.4, -0.2) is 35.6 Å². The molecule has 2 rings (SSSR count). The molecule has 0 fully saturated rings. The van der Waals surface area contributed by atoms with Crippen LogP contribution in [-0.2, 0) is 13.0 Å². The van der Waals surface area contributed by atoms with Crippen LogP contribution in [0.15, 0.2) is 47.7 Å². The average Bonchev–Trinajstić information content (AvgIpc) is 3.05. The van der Waals surface area contributed by atoms with Crippen molar-refractivity contribution in [1.82, 2.24) is 20.2 Å². The third kappa shape index (κ3) is 6.07. The molecule has 2 N–H and O–H groups in total. The van der Waals surface area contributed by atoms with E-state index in [2.05, 4.69) is 56.4 Å². The topological polar surface area (TPSA) is 54.2 Å². The van der Waals surface area contributed by atoms with E-state index in [1.807, 2.05) is 25.5 Å². The number of aromatic nitrogens is 2. The Hall–Kier alpha value is -2.30. The fourth-order valence-electron chi connectivity index (χ4n) is 2.59. The van der Waals surface area contributed by atoms with E-state index in [1.165, 1.54) is 24.8 Å². The first-order valence-corrected chi connectivity index (χ1v) is 8.82. The number of imidazole rings is 1. The molecule has 130 valence electrons. The summed E-state index contributed by atoms with van der Waals surface area (Å²) in [6, 6.07) is 10.5. The van der Waals surface area contributed by atoms with Crippen LogP contribution < -0.4 is 10.6 Å². The first kappa shape index (κ1) is 18.0. The van der Waals surface area contributed by atoms with Gasteiger partial charge in [0.1, 0.15) is 5.82 Å². The molecule has 0 saturated heterocycles. The molecule has 0 aliphatic heterocycles. The van der Waals surface area contributed by atoms with Crippen molar-refractivity contribution in [3.05, 3.63) is 54.1 Å². The first-order valence-electron chi connectivity index (χ1n) is 8.82. The number of nitrogens with zero attached hydrogens (tertiary/aromatic N) is 3. The van der Waals surface area contributed by atoms with E-state index in [-0.39, 0.29) is 0 Å². The molecule has 0 aliphatic carbocycles. The fourth-order valence-corrected chi connectivity index (χ4v) is 2.59. The summed E-state index contributed by atoms with van der Waals surface area (Å²) in [7, 11) is 1.81. The van der Waals surface area contributed by atoms with Gasteiger partial charge in [0.15, 0.2) is 5.96 Å². The van der Waals surface area contributed by atoms with Crippen molar-refractivity contribution in [1.29, 1.82) is 0 Å². The Morgan fingerprint density at radius 1 is 1.12 bits per heavy atom. The van der Waals surface area contributed by atoms with E-state index < -0.39 is 0 Å². The van der Waals surface area contributed by atoms with Crippen molar-refractivity contribution in [3.63, 3.8) is 0 Å². The lowest BCUT2D eigenvalue weighted by atomic mass is 10.2. The van der Waals surface area contributed by atoms with Gasteiger partial charge in [-0.15, -0.1) is 0 Å². The van der Waals surface area contributed by atoms with Gasteiger partial charge in [-0.05, 0) is 12.0 Å². The smallest absolute Gasteiger partial charge is 0.190 e. The van der Waals surface area contributed by atoms with Crippen LogP contribution in [0.1, 0.15) is 37.6 Å². The van der Waals surface area contributed by atoms with Gasteiger partial charge in [-0.25, -0.2) is 4.98 Å². The number of hydrogen-bond donors (Lipinski definition) is 2. The summed E-state index contributed by atoms with van der Waals surface area (Å²) in [5.41, 5.74) is 1.29. The van der Waals surface area contributed by atoms with Crippen molar-refractivity contribution in [2.45, 2.75) is 39.2 Å². The zero-order valence-corrected chi connectivity index (χ0v) is 14.8. The first-order chi connectivity index (χ1) is 11.8. The van der Waals surface area contributed by atoms with E-state index in [4.69, 9.17) is 0 Å². The van der Waals surface area contributed by atoms with Crippen molar-refractivity contribution in [3.8, 4) is 0 Å². The van der Waals surface area contributed by atoms with E-state index in [1.54, 1.807) is 0 Å². The molecule has 1 heterocycles. The lowest BCUT2D eigenvalue weighted by molar-refractivity contribution is 0.671. The molecule has 0 atom stereocenters. The molecule has 0 bridgehead atoms. The lowest BCUT2D eigenvalue weighted by Crippen LogP contribution is -2.38. The highest BCUT2D eigenvalue weighted by molar-refractivity contribution is 5.79. The van der Waals surface area contributed by atoms with Gasteiger partial charge in [0, 0.05) is 45.5 Å². The number of benzene rings is 1. The molecule has 2 aromatic rings. The molecular weight excluding hydrogens is 298 g/mol. The summed E-state index contributed by atoms with van der Waals surface area (Å²) in [5.74, 6) is 1.96. The predicted octanol–water partition coefficient (Wildman–Crippen LogP) is 2.83. The monoisotopic (exact) mass is 327 g/mol. The quantitative estimate of drug-likeness (QED) is 0.423. The van der Waals surface area contributed by atoms with Crippen LogP contribution in [0.3, 0.4) is 0 Å². The number of aliphatic imine (C=N–C) groups is 1. The minimum atomic E-state index is 0.819. The Labute approximate surface area is 145 Å². The van der Waals surface area contributed by atoms with Crippen LogP contribution in [0, 0.1) is 0 Å². The molecule has 5 heteroatoms. The minimum Gasteiger partial charge on any atom is -0.356 e. The summed E-state index contributed by atoms with van der Waals surface area (Å²) >= 11 is 0. The van der Waals surface area contributed by atoms with Crippen molar-refractivity contribution < 1.29 is 0 Å². The molecule has 0 saturated carbocycles. The van der Waals surface area contributed by atoms with E-state index >= 15 is 0 Å². The second-order valence-corrected chi connectivity index (χ2v) is 5.84. The molecule has 0 aliphatic rings. The Bertz CT molecular complexity index is 603. The number of guanidine groups is 1. The number of nitrogens with one attached hydrogen (secondary N) is 2. The average molecular weight is 327 g/mol. The Kier molecular flexibility index (Phi) is 7.87.